The molecule has 0 radical (unpaired) electrons. The molecule has 2 N–H and O–H groups in total. The number of amides is 1. The molecule has 1 aliphatic carbocycles. The van der Waals surface area contributed by atoms with Crippen molar-refractivity contribution in [3.63, 3.8) is 0 Å². The summed E-state index contributed by atoms with van der Waals surface area (Å²) in [4.78, 5) is 37.8. The zero-order valence-corrected chi connectivity index (χ0v) is 19.6. The van der Waals surface area contributed by atoms with Crippen LogP contribution in [0.5, 0.6) is 0 Å². The SMILES string of the molecule is CCCCCCCOC(=O)C1=C(C)NC(C)=C(C(=O)NC2CC2)C1c1ccccc1[N+](=O)[O-]. The summed E-state index contributed by atoms with van der Waals surface area (Å²) in [6, 6.07) is 6.37. The Morgan fingerprint density at radius 1 is 1.09 bits per heavy atom. The molecule has 178 valence electrons. The summed E-state index contributed by atoms with van der Waals surface area (Å²) >= 11 is 0. The van der Waals surface area contributed by atoms with E-state index in [1.165, 1.54) is 6.07 Å². The maximum Gasteiger partial charge on any atom is 0.336 e. The number of nitrogens with one attached hydrogen (secondary N) is 2. The van der Waals surface area contributed by atoms with Crippen LogP contribution in [0.1, 0.15) is 77.2 Å². The molecule has 33 heavy (non-hydrogen) atoms. The molecule has 1 fully saturated rings. The molecular formula is C25H33N3O5. The molecule has 1 aliphatic heterocycles. The molecule has 1 aromatic carbocycles. The molecule has 8 heteroatoms. The number of unbranched alkanes of at least 4 members (excludes halogenated alkanes) is 4. The van der Waals surface area contributed by atoms with Gasteiger partial charge in [-0.15, -0.1) is 0 Å². The minimum atomic E-state index is -0.890. The van der Waals surface area contributed by atoms with Crippen LogP contribution >= 0.6 is 0 Å². The lowest BCUT2D eigenvalue weighted by atomic mass is 9.79. The van der Waals surface area contributed by atoms with E-state index in [0.29, 0.717) is 22.5 Å². The van der Waals surface area contributed by atoms with Crippen LogP contribution in [0.4, 0.5) is 5.69 Å². The largest absolute Gasteiger partial charge is 0.462 e. The van der Waals surface area contributed by atoms with Gasteiger partial charge in [-0.25, -0.2) is 4.79 Å². The Kier molecular flexibility index (Phi) is 8.25. The summed E-state index contributed by atoms with van der Waals surface area (Å²) < 4.78 is 5.58. The van der Waals surface area contributed by atoms with E-state index in [1.807, 2.05) is 0 Å². The number of rotatable bonds is 11. The number of ether oxygens (including phenoxy) is 1. The van der Waals surface area contributed by atoms with Crippen LogP contribution in [0.15, 0.2) is 46.8 Å². The van der Waals surface area contributed by atoms with Gasteiger partial charge in [0.15, 0.2) is 0 Å². The minimum Gasteiger partial charge on any atom is -0.462 e. The molecule has 8 nitrogen and oxygen atoms in total. The fourth-order valence-corrected chi connectivity index (χ4v) is 4.21. The van der Waals surface area contributed by atoms with Crippen molar-refractivity contribution >= 4 is 17.6 Å². The third kappa shape index (κ3) is 6.00. The molecule has 0 spiro atoms. The van der Waals surface area contributed by atoms with E-state index < -0.39 is 16.8 Å². The van der Waals surface area contributed by atoms with Crippen LogP contribution in [-0.4, -0.2) is 29.4 Å². The Labute approximate surface area is 194 Å². The second-order valence-corrected chi connectivity index (χ2v) is 8.75. The zero-order valence-electron chi connectivity index (χ0n) is 19.6. The number of nitro groups is 1. The van der Waals surface area contributed by atoms with Gasteiger partial charge in [-0.1, -0.05) is 50.8 Å². The number of carbonyl (C=O) groups excluding carboxylic acids is 2. The van der Waals surface area contributed by atoms with E-state index in [9.17, 15) is 19.7 Å². The third-order valence-electron chi connectivity index (χ3n) is 6.06. The van der Waals surface area contributed by atoms with Crippen LogP contribution in [0, 0.1) is 10.1 Å². The second kappa shape index (κ2) is 11.1. The van der Waals surface area contributed by atoms with E-state index in [4.69, 9.17) is 4.74 Å². The van der Waals surface area contributed by atoms with Crippen LogP contribution in [-0.2, 0) is 14.3 Å². The summed E-state index contributed by atoms with van der Waals surface area (Å²) in [6.45, 7) is 5.90. The molecule has 3 rings (SSSR count). The van der Waals surface area contributed by atoms with Gasteiger partial charge < -0.3 is 15.4 Å². The van der Waals surface area contributed by atoms with Crippen molar-refractivity contribution in [3.8, 4) is 0 Å². The summed E-state index contributed by atoms with van der Waals surface area (Å²) in [6.07, 6.45) is 6.90. The Balaban J connectivity index is 1.94. The van der Waals surface area contributed by atoms with Crippen molar-refractivity contribution in [2.75, 3.05) is 6.61 Å². The Bertz CT molecular complexity index is 978. The number of carbonyl (C=O) groups is 2. The normalized spacial score (nSPS) is 18.1. The Morgan fingerprint density at radius 2 is 1.76 bits per heavy atom. The van der Waals surface area contributed by atoms with Crippen LogP contribution in [0.2, 0.25) is 0 Å². The van der Waals surface area contributed by atoms with E-state index in [-0.39, 0.29) is 29.8 Å². The number of esters is 1. The summed E-state index contributed by atoms with van der Waals surface area (Å²) in [7, 11) is 0. The molecule has 1 amide bonds. The van der Waals surface area contributed by atoms with Crippen molar-refractivity contribution in [3.05, 3.63) is 62.5 Å². The van der Waals surface area contributed by atoms with Gasteiger partial charge in [-0.2, -0.15) is 0 Å². The summed E-state index contributed by atoms with van der Waals surface area (Å²) in [5.74, 6) is -1.76. The van der Waals surface area contributed by atoms with Gasteiger partial charge in [-0.3, -0.25) is 14.9 Å². The van der Waals surface area contributed by atoms with Gasteiger partial charge in [0.2, 0.25) is 5.91 Å². The standard InChI is InChI=1S/C25H33N3O5/c1-4-5-6-7-10-15-33-25(30)22-17(3)26-16(2)21(24(29)27-18-13-14-18)23(22)19-11-8-9-12-20(19)28(31)32/h8-9,11-12,18,23,26H,4-7,10,13-15H2,1-3H3,(H,27,29). The highest BCUT2D eigenvalue weighted by Gasteiger charge is 2.41. The van der Waals surface area contributed by atoms with E-state index >= 15 is 0 Å². The van der Waals surface area contributed by atoms with Gasteiger partial charge >= 0.3 is 5.97 Å². The number of benzene rings is 1. The molecule has 1 atom stereocenters. The molecule has 1 saturated carbocycles. The first-order chi connectivity index (χ1) is 15.8. The molecule has 1 unspecified atom stereocenters. The van der Waals surface area contributed by atoms with E-state index in [1.54, 1.807) is 32.0 Å². The lowest BCUT2D eigenvalue weighted by Crippen LogP contribution is -2.37. The molecule has 1 aromatic rings. The minimum absolute atomic E-state index is 0.106. The van der Waals surface area contributed by atoms with Crippen molar-refractivity contribution in [2.24, 2.45) is 0 Å². The maximum absolute atomic E-state index is 13.2. The first kappa shape index (κ1) is 24.5. The average Bonchev–Trinajstić information content (AvgIpc) is 3.59. The number of hydrogen-bond acceptors (Lipinski definition) is 6. The lowest BCUT2D eigenvalue weighted by Gasteiger charge is -2.30. The molecule has 1 heterocycles. The van der Waals surface area contributed by atoms with E-state index in [0.717, 1.165) is 44.9 Å². The number of dihydropyridines is 1. The quantitative estimate of drug-likeness (QED) is 0.218. The van der Waals surface area contributed by atoms with Crippen molar-refractivity contribution in [2.45, 2.75) is 77.7 Å². The van der Waals surface area contributed by atoms with Gasteiger partial charge in [0.1, 0.15) is 0 Å². The number of nitrogens with zero attached hydrogens (tertiary/aromatic N) is 1. The highest BCUT2D eigenvalue weighted by atomic mass is 16.6. The Morgan fingerprint density at radius 3 is 2.42 bits per heavy atom. The second-order valence-electron chi connectivity index (χ2n) is 8.75. The van der Waals surface area contributed by atoms with Crippen molar-refractivity contribution < 1.29 is 19.2 Å². The van der Waals surface area contributed by atoms with Gasteiger partial charge in [0.25, 0.3) is 5.69 Å². The maximum atomic E-state index is 13.2. The van der Waals surface area contributed by atoms with Crippen molar-refractivity contribution in [1.82, 2.24) is 10.6 Å². The average molecular weight is 456 g/mol. The Hall–Kier alpha value is -3.16. The molecule has 0 aromatic heterocycles. The van der Waals surface area contributed by atoms with Gasteiger partial charge in [-0.05, 0) is 33.1 Å². The fourth-order valence-electron chi connectivity index (χ4n) is 4.21. The zero-order chi connectivity index (χ0) is 24.0. The fraction of sp³-hybridized carbons (Fsp3) is 0.520. The molecule has 0 saturated heterocycles. The molecule has 0 bridgehead atoms. The predicted octanol–water partition coefficient (Wildman–Crippen LogP) is 4.62. The molecule has 2 aliphatic rings. The first-order valence-electron chi connectivity index (χ1n) is 11.7. The number of hydrogen-bond donors (Lipinski definition) is 2. The van der Waals surface area contributed by atoms with Gasteiger partial charge in [0, 0.05) is 34.6 Å². The smallest absolute Gasteiger partial charge is 0.336 e. The van der Waals surface area contributed by atoms with Crippen molar-refractivity contribution in [1.29, 1.82) is 0 Å². The first-order valence-corrected chi connectivity index (χ1v) is 11.7. The highest BCUT2D eigenvalue weighted by molar-refractivity contribution is 6.02. The lowest BCUT2D eigenvalue weighted by molar-refractivity contribution is -0.385. The molecular weight excluding hydrogens is 422 g/mol. The van der Waals surface area contributed by atoms with E-state index in [2.05, 4.69) is 17.6 Å². The number of allylic oxidation sites excluding steroid dienone is 2. The third-order valence-corrected chi connectivity index (χ3v) is 6.06. The van der Waals surface area contributed by atoms with Gasteiger partial charge in [0.05, 0.1) is 23.0 Å². The van der Waals surface area contributed by atoms with Crippen LogP contribution in [0.25, 0.3) is 0 Å². The number of para-hydroxylation sites is 1. The van der Waals surface area contributed by atoms with Crippen LogP contribution in [0.3, 0.4) is 0 Å². The summed E-state index contributed by atoms with van der Waals surface area (Å²) in [5, 5.41) is 17.9. The predicted molar refractivity (Wildman–Crippen MR) is 125 cm³/mol. The summed E-state index contributed by atoms with van der Waals surface area (Å²) in [5.41, 5.74) is 1.84. The number of nitro benzene ring substituents is 1. The topological polar surface area (TPSA) is 111 Å². The highest BCUT2D eigenvalue weighted by Crippen LogP contribution is 2.42. The van der Waals surface area contributed by atoms with Crippen LogP contribution < -0.4 is 10.6 Å². The monoisotopic (exact) mass is 455 g/mol.